The van der Waals surface area contributed by atoms with Gasteiger partial charge in [0.15, 0.2) is 0 Å². The predicted molar refractivity (Wildman–Crippen MR) is 141 cm³/mol. The molecule has 2 aliphatic heterocycles. The van der Waals surface area contributed by atoms with Crippen LogP contribution in [0.15, 0.2) is 71.8 Å². The van der Waals surface area contributed by atoms with Gasteiger partial charge in [-0.1, -0.05) is 43.7 Å². The molecule has 0 aromatic heterocycles. The molecule has 5 heteroatoms. The van der Waals surface area contributed by atoms with Gasteiger partial charge in [0.25, 0.3) is 5.91 Å². The van der Waals surface area contributed by atoms with Crippen LogP contribution in [0, 0.1) is 0 Å². The number of nitrogens with one attached hydrogen (secondary N) is 1. The van der Waals surface area contributed by atoms with E-state index in [4.69, 9.17) is 4.74 Å². The Bertz CT molecular complexity index is 1000. The zero-order chi connectivity index (χ0) is 23.8. The van der Waals surface area contributed by atoms with Crippen molar-refractivity contribution in [1.29, 1.82) is 0 Å². The fourth-order valence-corrected chi connectivity index (χ4v) is 4.76. The second-order valence-electron chi connectivity index (χ2n) is 8.83. The van der Waals surface area contributed by atoms with Crippen molar-refractivity contribution in [2.45, 2.75) is 39.7 Å². The van der Waals surface area contributed by atoms with Crippen LogP contribution in [0.5, 0.6) is 0 Å². The number of carbonyl (C=O) groups excluding carboxylic acids is 1. The monoisotopic (exact) mass is 459 g/mol. The molecule has 0 saturated carbocycles. The van der Waals surface area contributed by atoms with Gasteiger partial charge in [-0.2, -0.15) is 0 Å². The summed E-state index contributed by atoms with van der Waals surface area (Å²) >= 11 is 0. The zero-order valence-corrected chi connectivity index (χ0v) is 20.6. The molecule has 1 aliphatic carbocycles. The van der Waals surface area contributed by atoms with E-state index in [0.717, 1.165) is 51.6 Å². The molecule has 2 aromatic rings. The van der Waals surface area contributed by atoms with Crippen LogP contribution in [0.1, 0.15) is 49.0 Å². The molecule has 1 fully saturated rings. The molecule has 0 spiro atoms. The molecule has 3 aliphatic rings. The molecule has 0 radical (unpaired) electrons. The summed E-state index contributed by atoms with van der Waals surface area (Å²) in [5.41, 5.74) is 7.07. The Morgan fingerprint density at radius 3 is 2.41 bits per heavy atom. The second-order valence-corrected chi connectivity index (χ2v) is 8.83. The van der Waals surface area contributed by atoms with Crippen molar-refractivity contribution in [2.24, 2.45) is 0 Å². The van der Waals surface area contributed by atoms with E-state index in [1.807, 2.05) is 38.1 Å². The molecule has 2 heterocycles. The van der Waals surface area contributed by atoms with Gasteiger partial charge in [-0.3, -0.25) is 9.69 Å². The fourth-order valence-electron chi connectivity index (χ4n) is 4.76. The van der Waals surface area contributed by atoms with E-state index in [2.05, 4.69) is 51.5 Å². The van der Waals surface area contributed by atoms with E-state index in [9.17, 15) is 4.79 Å². The Morgan fingerprint density at radius 2 is 1.68 bits per heavy atom. The van der Waals surface area contributed by atoms with Gasteiger partial charge in [0, 0.05) is 49.7 Å². The number of amides is 1. The Labute approximate surface area is 204 Å². The van der Waals surface area contributed by atoms with Crippen LogP contribution in [0.3, 0.4) is 0 Å². The van der Waals surface area contributed by atoms with Gasteiger partial charge in [-0.15, -0.1) is 0 Å². The van der Waals surface area contributed by atoms with Crippen molar-refractivity contribution in [1.82, 2.24) is 4.90 Å². The van der Waals surface area contributed by atoms with Crippen LogP contribution < -0.4 is 10.2 Å². The quantitative estimate of drug-likeness (QED) is 0.627. The molecule has 1 saturated heterocycles. The maximum absolute atomic E-state index is 12.7. The van der Waals surface area contributed by atoms with Crippen LogP contribution in [0.2, 0.25) is 0 Å². The van der Waals surface area contributed by atoms with Gasteiger partial charge in [0.1, 0.15) is 0 Å². The lowest BCUT2D eigenvalue weighted by Crippen LogP contribution is -2.36. The van der Waals surface area contributed by atoms with Crippen molar-refractivity contribution >= 4 is 17.3 Å². The first-order valence-electron chi connectivity index (χ1n) is 12.7. The number of ether oxygens (including phenoxy) is 1. The number of rotatable bonds is 5. The Hall–Kier alpha value is -2.89. The summed E-state index contributed by atoms with van der Waals surface area (Å²) in [6.07, 6.45) is 8.22. The number of benzene rings is 2. The first-order valence-corrected chi connectivity index (χ1v) is 12.7. The van der Waals surface area contributed by atoms with E-state index in [1.165, 1.54) is 36.1 Å². The average molecular weight is 460 g/mol. The standard InChI is InChI=1S/C27H31N3O2.C2H6/c31-27(28-25-9-11-26(12-10-25)30-15-17-32-18-16-30)23-7-5-21(6-8-23)19-29-14-13-22-3-1-2-4-24(22)20-29;1-2/h2,4-12H,1,3,13-20H2,(H,28,31);1-2H3. The van der Waals surface area contributed by atoms with Crippen LogP contribution in [0.25, 0.3) is 0 Å². The summed E-state index contributed by atoms with van der Waals surface area (Å²) in [7, 11) is 0. The predicted octanol–water partition coefficient (Wildman–Crippen LogP) is 5.65. The van der Waals surface area contributed by atoms with Gasteiger partial charge in [0.05, 0.1) is 13.2 Å². The summed E-state index contributed by atoms with van der Waals surface area (Å²) in [6.45, 7) is 10.4. The van der Waals surface area contributed by atoms with E-state index >= 15 is 0 Å². The SMILES string of the molecule is CC.O=C(Nc1ccc(N2CCOCC2)cc1)c1ccc(CN2CCC3=C(C=CCC3)C2)cc1. The smallest absolute Gasteiger partial charge is 0.255 e. The third-order valence-electron chi connectivity index (χ3n) is 6.63. The van der Waals surface area contributed by atoms with Crippen molar-refractivity contribution in [3.05, 3.63) is 83.0 Å². The maximum Gasteiger partial charge on any atom is 0.255 e. The molecule has 0 unspecified atom stereocenters. The van der Waals surface area contributed by atoms with Crippen LogP contribution in [0.4, 0.5) is 11.4 Å². The summed E-state index contributed by atoms with van der Waals surface area (Å²) in [5.74, 6) is -0.0733. The first kappa shape index (κ1) is 24.2. The van der Waals surface area contributed by atoms with Gasteiger partial charge < -0.3 is 15.0 Å². The first-order chi connectivity index (χ1) is 16.7. The summed E-state index contributed by atoms with van der Waals surface area (Å²) in [5, 5.41) is 3.01. The topological polar surface area (TPSA) is 44.8 Å². The number of hydrogen-bond acceptors (Lipinski definition) is 4. The second kappa shape index (κ2) is 12.0. The minimum Gasteiger partial charge on any atom is -0.378 e. The fraction of sp³-hybridized carbons (Fsp3) is 0.414. The minimum absolute atomic E-state index is 0.0733. The van der Waals surface area contributed by atoms with Gasteiger partial charge in [0.2, 0.25) is 0 Å². The molecule has 2 aromatic carbocycles. The molecular weight excluding hydrogens is 422 g/mol. The molecule has 0 atom stereocenters. The lowest BCUT2D eigenvalue weighted by atomic mass is 9.91. The third kappa shape index (κ3) is 6.16. The maximum atomic E-state index is 12.7. The number of nitrogens with zero attached hydrogens (tertiary/aromatic N) is 2. The molecular formula is C29H37N3O2. The van der Waals surface area contributed by atoms with Gasteiger partial charge >= 0.3 is 0 Å². The summed E-state index contributed by atoms with van der Waals surface area (Å²) in [6, 6.07) is 16.1. The highest BCUT2D eigenvalue weighted by atomic mass is 16.5. The number of hydrogen-bond donors (Lipinski definition) is 1. The number of morpholine rings is 1. The zero-order valence-electron chi connectivity index (χ0n) is 20.6. The molecule has 5 rings (SSSR count). The summed E-state index contributed by atoms with van der Waals surface area (Å²) in [4.78, 5) is 17.5. The highest BCUT2D eigenvalue weighted by Crippen LogP contribution is 2.27. The molecule has 1 N–H and O–H groups in total. The molecule has 1 amide bonds. The molecule has 5 nitrogen and oxygen atoms in total. The highest BCUT2D eigenvalue weighted by Gasteiger charge is 2.19. The Morgan fingerprint density at radius 1 is 0.941 bits per heavy atom. The minimum atomic E-state index is -0.0733. The lowest BCUT2D eigenvalue weighted by molar-refractivity contribution is 0.102. The highest BCUT2D eigenvalue weighted by molar-refractivity contribution is 6.04. The van der Waals surface area contributed by atoms with Crippen LogP contribution >= 0.6 is 0 Å². The van der Waals surface area contributed by atoms with E-state index < -0.39 is 0 Å². The van der Waals surface area contributed by atoms with Crippen molar-refractivity contribution in [3.63, 3.8) is 0 Å². The van der Waals surface area contributed by atoms with Gasteiger partial charge in [-0.05, 0) is 66.8 Å². The Kier molecular flexibility index (Phi) is 8.56. The molecule has 34 heavy (non-hydrogen) atoms. The average Bonchev–Trinajstić information content (AvgIpc) is 2.91. The van der Waals surface area contributed by atoms with Crippen molar-refractivity contribution < 1.29 is 9.53 Å². The number of allylic oxidation sites excluding steroid dienone is 1. The van der Waals surface area contributed by atoms with Gasteiger partial charge in [-0.25, -0.2) is 0 Å². The Balaban J connectivity index is 0.00000133. The number of anilines is 2. The van der Waals surface area contributed by atoms with E-state index in [1.54, 1.807) is 5.57 Å². The molecule has 180 valence electrons. The van der Waals surface area contributed by atoms with E-state index in [0.29, 0.717) is 5.56 Å². The third-order valence-corrected chi connectivity index (χ3v) is 6.63. The summed E-state index contributed by atoms with van der Waals surface area (Å²) < 4.78 is 5.41. The normalized spacial score (nSPS) is 18.1. The van der Waals surface area contributed by atoms with Crippen LogP contribution in [-0.4, -0.2) is 50.2 Å². The van der Waals surface area contributed by atoms with E-state index in [-0.39, 0.29) is 5.91 Å². The lowest BCUT2D eigenvalue weighted by Gasteiger charge is -2.31. The molecule has 0 bridgehead atoms. The number of carbonyl (C=O) groups is 1. The van der Waals surface area contributed by atoms with Crippen molar-refractivity contribution in [2.75, 3.05) is 49.6 Å². The van der Waals surface area contributed by atoms with Crippen LogP contribution in [-0.2, 0) is 11.3 Å². The van der Waals surface area contributed by atoms with Crippen molar-refractivity contribution in [3.8, 4) is 0 Å². The largest absolute Gasteiger partial charge is 0.378 e.